The van der Waals surface area contributed by atoms with Crippen LogP contribution in [0, 0.1) is 5.92 Å². The molecule has 3 heterocycles. The number of aromatic nitrogens is 2. The number of thiophene rings is 1. The van der Waals surface area contributed by atoms with Crippen molar-refractivity contribution in [1.82, 2.24) is 15.3 Å². The van der Waals surface area contributed by atoms with Gasteiger partial charge < -0.3 is 10.2 Å². The Labute approximate surface area is 127 Å². The molecule has 110 valence electrons. The van der Waals surface area contributed by atoms with Gasteiger partial charge in [0.15, 0.2) is 0 Å². The highest BCUT2D eigenvalue weighted by molar-refractivity contribution is 7.19. The number of nitrogens with zero attached hydrogens (tertiary/aromatic N) is 3. The summed E-state index contributed by atoms with van der Waals surface area (Å²) in [5, 5.41) is 4.06. The summed E-state index contributed by atoms with van der Waals surface area (Å²) in [7, 11) is 0. The number of aryl methyl sites for hydroxylation is 1. The second-order valence-electron chi connectivity index (χ2n) is 6.00. The molecule has 1 N–H and O–H groups in total. The Morgan fingerprint density at radius 1 is 1.43 bits per heavy atom. The van der Waals surface area contributed by atoms with Crippen molar-refractivity contribution < 1.29 is 4.79 Å². The van der Waals surface area contributed by atoms with Gasteiger partial charge in [0.25, 0.3) is 0 Å². The molecule has 1 aliphatic heterocycles. The third-order valence-electron chi connectivity index (χ3n) is 4.41. The Balaban J connectivity index is 1.84. The maximum atomic E-state index is 11.7. The van der Waals surface area contributed by atoms with Crippen molar-refractivity contribution >= 4 is 33.3 Å². The summed E-state index contributed by atoms with van der Waals surface area (Å²) in [6.07, 6.45) is 5.12. The van der Waals surface area contributed by atoms with Crippen molar-refractivity contribution in [1.29, 1.82) is 0 Å². The average molecular weight is 302 g/mol. The summed E-state index contributed by atoms with van der Waals surface area (Å²) in [5.41, 5.74) is 1.43. The van der Waals surface area contributed by atoms with Gasteiger partial charge in [-0.15, -0.1) is 11.3 Å². The molecular weight excluding hydrogens is 284 g/mol. The number of hydrogen-bond acceptors (Lipinski definition) is 5. The van der Waals surface area contributed by atoms with Gasteiger partial charge >= 0.3 is 0 Å². The van der Waals surface area contributed by atoms with Gasteiger partial charge in [-0.05, 0) is 30.7 Å². The van der Waals surface area contributed by atoms with Crippen molar-refractivity contribution in [3.8, 4) is 0 Å². The number of hydrogen-bond donors (Lipinski definition) is 1. The van der Waals surface area contributed by atoms with Crippen LogP contribution in [0.15, 0.2) is 6.33 Å². The van der Waals surface area contributed by atoms with Gasteiger partial charge in [0, 0.05) is 18.0 Å². The van der Waals surface area contributed by atoms with Crippen LogP contribution in [0.25, 0.3) is 10.2 Å². The smallest absolute Gasteiger partial charge is 0.239 e. The zero-order valence-corrected chi connectivity index (χ0v) is 12.9. The zero-order valence-electron chi connectivity index (χ0n) is 12.1. The van der Waals surface area contributed by atoms with Crippen LogP contribution in [0.5, 0.6) is 0 Å². The lowest BCUT2D eigenvalue weighted by Crippen LogP contribution is -2.48. The lowest BCUT2D eigenvalue weighted by atomic mass is 9.89. The highest BCUT2D eigenvalue weighted by atomic mass is 32.1. The summed E-state index contributed by atoms with van der Waals surface area (Å²) in [6.45, 7) is 4.22. The van der Waals surface area contributed by atoms with Crippen LogP contribution < -0.4 is 10.2 Å². The summed E-state index contributed by atoms with van der Waals surface area (Å²) in [6, 6.07) is 0. The predicted octanol–water partition coefficient (Wildman–Crippen LogP) is 1.75. The lowest BCUT2D eigenvalue weighted by molar-refractivity contribution is -0.120. The number of carbonyl (C=O) groups excluding carboxylic acids is 1. The van der Waals surface area contributed by atoms with Gasteiger partial charge in [0.05, 0.1) is 11.9 Å². The van der Waals surface area contributed by atoms with E-state index in [0.717, 1.165) is 36.0 Å². The maximum absolute atomic E-state index is 11.7. The summed E-state index contributed by atoms with van der Waals surface area (Å²) in [5.74, 6) is 1.77. The maximum Gasteiger partial charge on any atom is 0.239 e. The first-order valence-corrected chi connectivity index (χ1v) is 8.31. The predicted molar refractivity (Wildman–Crippen MR) is 83.8 cm³/mol. The molecule has 5 nitrogen and oxygen atoms in total. The standard InChI is InChI=1S/C15H18N4OS/c1-9-2-3-10-11(6-9)21-15-13(10)14(17-8-18-15)19-5-4-16-12(20)7-19/h8-9H,2-7H2,1H3,(H,16,20)/t9-/m1/s1. The highest BCUT2D eigenvalue weighted by Crippen LogP contribution is 2.40. The molecule has 4 rings (SSSR count). The lowest BCUT2D eigenvalue weighted by Gasteiger charge is -2.28. The monoisotopic (exact) mass is 302 g/mol. The number of anilines is 1. The van der Waals surface area contributed by atoms with Crippen molar-refractivity contribution in [3.05, 3.63) is 16.8 Å². The summed E-state index contributed by atoms with van der Waals surface area (Å²) >= 11 is 1.80. The number of amides is 1. The summed E-state index contributed by atoms with van der Waals surface area (Å²) in [4.78, 5) is 25.3. The molecule has 0 bridgehead atoms. The fourth-order valence-corrected chi connectivity index (χ4v) is 4.66. The molecule has 0 unspecified atom stereocenters. The molecule has 1 saturated heterocycles. The van der Waals surface area contributed by atoms with E-state index in [1.807, 2.05) is 0 Å². The van der Waals surface area contributed by atoms with Crippen LogP contribution in [0.4, 0.5) is 5.82 Å². The Bertz CT molecular complexity index is 711. The van der Waals surface area contributed by atoms with Gasteiger partial charge in [0.1, 0.15) is 17.0 Å². The van der Waals surface area contributed by atoms with E-state index in [1.165, 1.54) is 22.2 Å². The topological polar surface area (TPSA) is 58.1 Å². The second kappa shape index (κ2) is 4.94. The van der Waals surface area contributed by atoms with Crippen molar-refractivity contribution in [2.75, 3.05) is 24.5 Å². The summed E-state index contributed by atoms with van der Waals surface area (Å²) < 4.78 is 0. The highest BCUT2D eigenvalue weighted by Gasteiger charge is 2.26. The fraction of sp³-hybridized carbons (Fsp3) is 0.533. The van der Waals surface area contributed by atoms with Crippen LogP contribution in [0.1, 0.15) is 23.8 Å². The SMILES string of the molecule is C[C@@H]1CCc2c(sc3ncnc(N4CCNC(=O)C4)c23)C1. The van der Waals surface area contributed by atoms with E-state index in [4.69, 9.17) is 0 Å². The molecule has 0 radical (unpaired) electrons. The molecule has 1 fully saturated rings. The minimum absolute atomic E-state index is 0.0748. The molecule has 6 heteroatoms. The zero-order chi connectivity index (χ0) is 14.4. The normalized spacial score (nSPS) is 22.2. The first kappa shape index (κ1) is 13.0. The van der Waals surface area contributed by atoms with Crippen LogP contribution in [0.2, 0.25) is 0 Å². The fourth-order valence-electron chi connectivity index (χ4n) is 3.32. The van der Waals surface area contributed by atoms with E-state index in [1.54, 1.807) is 17.7 Å². The Hall–Kier alpha value is -1.69. The third-order valence-corrected chi connectivity index (χ3v) is 5.57. The number of piperazine rings is 1. The molecule has 1 aliphatic carbocycles. The van der Waals surface area contributed by atoms with E-state index >= 15 is 0 Å². The van der Waals surface area contributed by atoms with E-state index in [0.29, 0.717) is 13.1 Å². The van der Waals surface area contributed by atoms with Gasteiger partial charge in [-0.1, -0.05) is 6.92 Å². The minimum atomic E-state index is 0.0748. The second-order valence-corrected chi connectivity index (χ2v) is 7.08. The van der Waals surface area contributed by atoms with Gasteiger partial charge in [-0.3, -0.25) is 4.79 Å². The third kappa shape index (κ3) is 2.18. The van der Waals surface area contributed by atoms with Crippen molar-refractivity contribution in [3.63, 3.8) is 0 Å². The number of rotatable bonds is 1. The van der Waals surface area contributed by atoms with E-state index in [-0.39, 0.29) is 5.91 Å². The van der Waals surface area contributed by atoms with Crippen LogP contribution in [-0.4, -0.2) is 35.5 Å². The minimum Gasteiger partial charge on any atom is -0.353 e. The Morgan fingerprint density at radius 2 is 2.33 bits per heavy atom. The van der Waals surface area contributed by atoms with Crippen molar-refractivity contribution in [2.24, 2.45) is 5.92 Å². The van der Waals surface area contributed by atoms with E-state index in [9.17, 15) is 4.79 Å². The van der Waals surface area contributed by atoms with Crippen LogP contribution in [0.3, 0.4) is 0 Å². The average Bonchev–Trinajstić information content (AvgIpc) is 2.84. The largest absolute Gasteiger partial charge is 0.353 e. The Kier molecular flexibility index (Phi) is 3.06. The molecule has 2 aromatic heterocycles. The van der Waals surface area contributed by atoms with Gasteiger partial charge in [-0.25, -0.2) is 9.97 Å². The Morgan fingerprint density at radius 3 is 3.19 bits per heavy atom. The molecule has 0 aromatic carbocycles. The molecule has 0 saturated carbocycles. The molecule has 2 aliphatic rings. The number of nitrogens with one attached hydrogen (secondary N) is 1. The molecule has 2 aromatic rings. The van der Waals surface area contributed by atoms with Crippen LogP contribution in [-0.2, 0) is 17.6 Å². The molecule has 1 atom stereocenters. The molecule has 0 spiro atoms. The molecule has 21 heavy (non-hydrogen) atoms. The van der Waals surface area contributed by atoms with Crippen LogP contribution >= 0.6 is 11.3 Å². The number of fused-ring (bicyclic) bond motifs is 3. The first-order chi connectivity index (χ1) is 10.2. The van der Waals surface area contributed by atoms with Gasteiger partial charge in [-0.2, -0.15) is 0 Å². The van der Waals surface area contributed by atoms with Gasteiger partial charge in [0.2, 0.25) is 5.91 Å². The van der Waals surface area contributed by atoms with Crippen molar-refractivity contribution in [2.45, 2.75) is 26.2 Å². The van der Waals surface area contributed by atoms with E-state index in [2.05, 4.69) is 27.1 Å². The number of carbonyl (C=O) groups is 1. The molecular formula is C15H18N4OS. The molecule has 1 amide bonds. The quantitative estimate of drug-likeness (QED) is 0.872. The van der Waals surface area contributed by atoms with E-state index < -0.39 is 0 Å². The first-order valence-electron chi connectivity index (χ1n) is 7.49.